The van der Waals surface area contributed by atoms with Gasteiger partial charge in [0.2, 0.25) is 0 Å². The average Bonchev–Trinajstić information content (AvgIpc) is 2.17. The molecule has 3 heteroatoms. The van der Waals surface area contributed by atoms with Crippen molar-refractivity contribution in [1.82, 2.24) is 5.32 Å². The maximum absolute atomic E-state index is 5.52. The van der Waals surface area contributed by atoms with Crippen LogP contribution >= 0.6 is 24.0 Å². The lowest BCUT2D eigenvalue weighted by Gasteiger charge is -2.25. The van der Waals surface area contributed by atoms with Crippen LogP contribution in [0.2, 0.25) is 0 Å². The highest BCUT2D eigenvalue weighted by Gasteiger charge is 2.18. The molecule has 82 valence electrons. The van der Waals surface area contributed by atoms with Gasteiger partial charge in [-0.25, -0.2) is 0 Å². The smallest absolute Gasteiger partial charge is 0.0835 e. The predicted molar refractivity (Wildman–Crippen MR) is 65.1 cm³/mol. The normalized spacial score (nSPS) is 25.9. The van der Waals surface area contributed by atoms with Crippen molar-refractivity contribution in [2.45, 2.75) is 25.7 Å². The highest BCUT2D eigenvalue weighted by molar-refractivity contribution is 6.19. The van der Waals surface area contributed by atoms with Gasteiger partial charge in [0.1, 0.15) is 0 Å². The Morgan fingerprint density at radius 3 is 2.43 bits per heavy atom. The largest absolute Gasteiger partial charge is 0.319 e. The van der Waals surface area contributed by atoms with E-state index in [0.29, 0.717) is 11.8 Å². The van der Waals surface area contributed by atoms with Gasteiger partial charge in [-0.1, -0.05) is 11.8 Å². The molecule has 1 aliphatic carbocycles. The minimum absolute atomic E-state index is 0. The SMILES string of the molecule is CNCC1CCC(C#CCCl)CC1.Cl. The first kappa shape index (κ1) is 14.1. The van der Waals surface area contributed by atoms with E-state index in [1.165, 1.54) is 25.7 Å². The van der Waals surface area contributed by atoms with Gasteiger partial charge in [-0.3, -0.25) is 0 Å². The monoisotopic (exact) mass is 235 g/mol. The molecular weight excluding hydrogens is 217 g/mol. The summed E-state index contributed by atoms with van der Waals surface area (Å²) < 4.78 is 0. The van der Waals surface area contributed by atoms with Gasteiger partial charge in [-0.15, -0.1) is 24.0 Å². The van der Waals surface area contributed by atoms with Crippen LogP contribution in [0.15, 0.2) is 0 Å². The summed E-state index contributed by atoms with van der Waals surface area (Å²) in [5.41, 5.74) is 0. The molecule has 1 rings (SSSR count). The fraction of sp³-hybridized carbons (Fsp3) is 0.818. The second kappa shape index (κ2) is 8.41. The molecule has 0 amide bonds. The van der Waals surface area contributed by atoms with Gasteiger partial charge in [-0.05, 0) is 45.2 Å². The summed E-state index contributed by atoms with van der Waals surface area (Å²) in [5.74, 6) is 8.17. The van der Waals surface area contributed by atoms with Crippen LogP contribution in [-0.2, 0) is 0 Å². The standard InChI is InChI=1S/C11H18ClN.ClH/c1-13-9-11-6-4-10(5-7-11)3-2-8-12;/h10-11,13H,4-9H2,1H3;1H. The Balaban J connectivity index is 0.00000169. The highest BCUT2D eigenvalue weighted by Crippen LogP contribution is 2.27. The average molecular weight is 236 g/mol. The zero-order chi connectivity index (χ0) is 9.52. The third-order valence-corrected chi connectivity index (χ3v) is 2.85. The maximum atomic E-state index is 5.52. The van der Waals surface area contributed by atoms with Gasteiger partial charge in [0.05, 0.1) is 5.88 Å². The number of rotatable bonds is 2. The zero-order valence-corrected chi connectivity index (χ0v) is 10.3. The lowest BCUT2D eigenvalue weighted by Crippen LogP contribution is -2.23. The van der Waals surface area contributed by atoms with Crippen molar-refractivity contribution >= 4 is 24.0 Å². The Morgan fingerprint density at radius 1 is 1.29 bits per heavy atom. The molecule has 0 aromatic carbocycles. The summed E-state index contributed by atoms with van der Waals surface area (Å²) >= 11 is 5.52. The molecule has 1 nitrogen and oxygen atoms in total. The number of halogens is 2. The quantitative estimate of drug-likeness (QED) is 0.574. The van der Waals surface area contributed by atoms with Crippen molar-refractivity contribution in [3.63, 3.8) is 0 Å². The van der Waals surface area contributed by atoms with Crippen LogP contribution in [0.5, 0.6) is 0 Å². The minimum Gasteiger partial charge on any atom is -0.319 e. The molecule has 0 aliphatic heterocycles. The Kier molecular flexibility index (Phi) is 8.47. The zero-order valence-electron chi connectivity index (χ0n) is 8.68. The molecular formula is C11H19Cl2N. The second-order valence-electron chi connectivity index (χ2n) is 3.73. The lowest BCUT2D eigenvalue weighted by atomic mass is 9.82. The van der Waals surface area contributed by atoms with Crippen LogP contribution in [0.1, 0.15) is 25.7 Å². The molecule has 0 aromatic heterocycles. The van der Waals surface area contributed by atoms with Gasteiger partial charge >= 0.3 is 0 Å². The molecule has 0 aromatic rings. The topological polar surface area (TPSA) is 12.0 Å². The Hall–Kier alpha value is 0.100. The van der Waals surface area contributed by atoms with Gasteiger partial charge in [0.25, 0.3) is 0 Å². The van der Waals surface area contributed by atoms with Crippen molar-refractivity contribution in [1.29, 1.82) is 0 Å². The number of hydrogen-bond acceptors (Lipinski definition) is 1. The lowest BCUT2D eigenvalue weighted by molar-refractivity contribution is 0.311. The molecule has 0 atom stereocenters. The Bertz CT molecular complexity index is 187. The van der Waals surface area contributed by atoms with Gasteiger partial charge in [0, 0.05) is 5.92 Å². The van der Waals surface area contributed by atoms with E-state index in [1.54, 1.807) is 0 Å². The molecule has 0 bridgehead atoms. The summed E-state index contributed by atoms with van der Waals surface area (Å²) in [6.07, 6.45) is 5.16. The van der Waals surface area contributed by atoms with E-state index >= 15 is 0 Å². The van der Waals surface area contributed by atoms with E-state index < -0.39 is 0 Å². The fourth-order valence-corrected chi connectivity index (χ4v) is 2.06. The van der Waals surface area contributed by atoms with E-state index in [4.69, 9.17) is 11.6 Å². The van der Waals surface area contributed by atoms with Crippen molar-refractivity contribution in [2.75, 3.05) is 19.5 Å². The molecule has 1 N–H and O–H groups in total. The van der Waals surface area contributed by atoms with E-state index in [0.717, 1.165) is 12.5 Å². The maximum Gasteiger partial charge on any atom is 0.0835 e. The summed E-state index contributed by atoms with van der Waals surface area (Å²) in [6.45, 7) is 1.16. The third kappa shape index (κ3) is 5.10. The van der Waals surface area contributed by atoms with Crippen molar-refractivity contribution in [2.24, 2.45) is 11.8 Å². The molecule has 0 spiro atoms. The van der Waals surface area contributed by atoms with Crippen LogP contribution in [0.4, 0.5) is 0 Å². The predicted octanol–water partition coefficient (Wildman–Crippen LogP) is 2.68. The molecule has 0 saturated heterocycles. The van der Waals surface area contributed by atoms with Crippen LogP contribution in [0, 0.1) is 23.7 Å². The fourth-order valence-electron chi connectivity index (χ4n) is 1.98. The van der Waals surface area contributed by atoms with E-state index in [-0.39, 0.29) is 12.4 Å². The number of nitrogens with one attached hydrogen (secondary N) is 1. The first-order chi connectivity index (χ1) is 6.36. The summed E-state index contributed by atoms with van der Waals surface area (Å²) in [5, 5.41) is 3.24. The summed E-state index contributed by atoms with van der Waals surface area (Å²) in [4.78, 5) is 0. The molecule has 0 radical (unpaired) electrons. The number of hydrogen-bond donors (Lipinski definition) is 1. The summed E-state index contributed by atoms with van der Waals surface area (Å²) in [7, 11) is 2.03. The first-order valence-electron chi connectivity index (χ1n) is 5.05. The highest BCUT2D eigenvalue weighted by atomic mass is 35.5. The van der Waals surface area contributed by atoms with Crippen molar-refractivity contribution in [3.8, 4) is 11.8 Å². The van der Waals surface area contributed by atoms with E-state index in [9.17, 15) is 0 Å². The van der Waals surface area contributed by atoms with Crippen LogP contribution < -0.4 is 5.32 Å². The Morgan fingerprint density at radius 2 is 1.93 bits per heavy atom. The second-order valence-corrected chi connectivity index (χ2v) is 4.00. The third-order valence-electron chi connectivity index (χ3n) is 2.71. The minimum atomic E-state index is 0. The van der Waals surface area contributed by atoms with Crippen LogP contribution in [-0.4, -0.2) is 19.5 Å². The molecule has 1 saturated carbocycles. The van der Waals surface area contributed by atoms with Gasteiger partial charge < -0.3 is 5.32 Å². The van der Waals surface area contributed by atoms with Gasteiger partial charge in [-0.2, -0.15) is 0 Å². The van der Waals surface area contributed by atoms with Crippen molar-refractivity contribution in [3.05, 3.63) is 0 Å². The van der Waals surface area contributed by atoms with Gasteiger partial charge in [0.15, 0.2) is 0 Å². The molecule has 1 aliphatic rings. The molecule has 1 fully saturated rings. The van der Waals surface area contributed by atoms with Crippen LogP contribution in [0.25, 0.3) is 0 Å². The summed E-state index contributed by atoms with van der Waals surface area (Å²) in [6, 6.07) is 0. The number of alkyl halides is 1. The van der Waals surface area contributed by atoms with E-state index in [2.05, 4.69) is 17.2 Å². The van der Waals surface area contributed by atoms with E-state index in [1.807, 2.05) is 7.05 Å². The molecule has 14 heavy (non-hydrogen) atoms. The van der Waals surface area contributed by atoms with Crippen molar-refractivity contribution < 1.29 is 0 Å². The Labute approximate surface area is 98.4 Å². The molecule has 0 unspecified atom stereocenters. The van der Waals surface area contributed by atoms with Crippen LogP contribution in [0.3, 0.4) is 0 Å². The molecule has 0 heterocycles. The first-order valence-corrected chi connectivity index (χ1v) is 5.59.